The molecular formula is C14H16ClN3. The molecule has 3 nitrogen and oxygen atoms in total. The van der Waals surface area contributed by atoms with E-state index in [1.165, 1.54) is 5.56 Å². The van der Waals surface area contributed by atoms with E-state index in [0.717, 1.165) is 23.7 Å². The molecule has 1 heterocycles. The van der Waals surface area contributed by atoms with Gasteiger partial charge in [0.25, 0.3) is 0 Å². The number of alkyl halides is 1. The number of halogens is 1. The van der Waals surface area contributed by atoms with Gasteiger partial charge in [0.05, 0.1) is 11.6 Å². The number of para-hydroxylation sites is 1. The van der Waals surface area contributed by atoms with Gasteiger partial charge in [0.2, 0.25) is 0 Å². The second kappa shape index (κ2) is 5.83. The highest BCUT2D eigenvalue weighted by molar-refractivity contribution is 6.16. The van der Waals surface area contributed by atoms with E-state index in [0.29, 0.717) is 5.88 Å². The fourth-order valence-corrected chi connectivity index (χ4v) is 2.03. The first-order valence-electron chi connectivity index (χ1n) is 5.98. The molecule has 94 valence electrons. The van der Waals surface area contributed by atoms with E-state index in [1.807, 2.05) is 24.3 Å². The summed E-state index contributed by atoms with van der Waals surface area (Å²) in [4.78, 5) is 2.14. The summed E-state index contributed by atoms with van der Waals surface area (Å²) in [5.74, 6) is 1.24. The molecule has 0 saturated carbocycles. The van der Waals surface area contributed by atoms with E-state index in [4.69, 9.17) is 11.6 Å². The lowest BCUT2D eigenvalue weighted by Crippen LogP contribution is -2.18. The maximum Gasteiger partial charge on any atom is 0.155 e. The van der Waals surface area contributed by atoms with E-state index in [2.05, 4.69) is 41.1 Å². The molecule has 0 aliphatic carbocycles. The maximum absolute atomic E-state index is 5.72. The van der Waals surface area contributed by atoms with Crippen molar-refractivity contribution in [2.24, 2.45) is 0 Å². The van der Waals surface area contributed by atoms with Crippen molar-refractivity contribution in [3.05, 3.63) is 47.7 Å². The molecule has 4 heteroatoms. The van der Waals surface area contributed by atoms with E-state index >= 15 is 0 Å². The monoisotopic (exact) mass is 261 g/mol. The van der Waals surface area contributed by atoms with E-state index in [-0.39, 0.29) is 0 Å². The second-order valence-corrected chi connectivity index (χ2v) is 4.31. The van der Waals surface area contributed by atoms with Gasteiger partial charge in [-0.2, -0.15) is 5.10 Å². The molecule has 1 aromatic carbocycles. The third kappa shape index (κ3) is 2.62. The minimum absolute atomic E-state index is 0.393. The van der Waals surface area contributed by atoms with Crippen LogP contribution in [0.2, 0.25) is 0 Å². The number of aromatic nitrogens is 2. The number of aryl methyl sites for hydroxylation is 1. The zero-order valence-electron chi connectivity index (χ0n) is 10.6. The SMILES string of the molecule is CCN(c1ccc(CCl)nn1)c1ccccc1C. The van der Waals surface area contributed by atoms with Crippen molar-refractivity contribution in [3.8, 4) is 0 Å². The van der Waals surface area contributed by atoms with E-state index in [9.17, 15) is 0 Å². The number of anilines is 2. The molecule has 2 aromatic rings. The third-order valence-electron chi connectivity index (χ3n) is 2.84. The molecule has 0 bridgehead atoms. The Morgan fingerprint density at radius 1 is 1.11 bits per heavy atom. The summed E-state index contributed by atoms with van der Waals surface area (Å²) in [7, 11) is 0. The van der Waals surface area contributed by atoms with Crippen LogP contribution in [0.4, 0.5) is 11.5 Å². The number of hydrogen-bond acceptors (Lipinski definition) is 3. The predicted molar refractivity (Wildman–Crippen MR) is 75.4 cm³/mol. The first kappa shape index (κ1) is 12.8. The average Bonchev–Trinajstić information content (AvgIpc) is 2.42. The minimum Gasteiger partial charge on any atom is -0.325 e. The number of benzene rings is 1. The molecule has 0 spiro atoms. The van der Waals surface area contributed by atoms with Crippen LogP contribution >= 0.6 is 11.6 Å². The van der Waals surface area contributed by atoms with Gasteiger partial charge in [-0.25, -0.2) is 0 Å². The van der Waals surface area contributed by atoms with Crippen molar-refractivity contribution in [1.29, 1.82) is 0 Å². The van der Waals surface area contributed by atoms with Crippen molar-refractivity contribution < 1.29 is 0 Å². The largest absolute Gasteiger partial charge is 0.325 e. The number of rotatable bonds is 4. The van der Waals surface area contributed by atoms with Gasteiger partial charge in [-0.15, -0.1) is 16.7 Å². The van der Waals surface area contributed by atoms with Crippen LogP contribution in [0, 0.1) is 6.92 Å². The summed E-state index contributed by atoms with van der Waals surface area (Å²) in [6.07, 6.45) is 0. The first-order chi connectivity index (χ1) is 8.76. The van der Waals surface area contributed by atoms with Gasteiger partial charge in [0.15, 0.2) is 5.82 Å². The summed E-state index contributed by atoms with van der Waals surface area (Å²) < 4.78 is 0. The van der Waals surface area contributed by atoms with Crippen molar-refractivity contribution >= 4 is 23.1 Å². The molecule has 0 saturated heterocycles. The Morgan fingerprint density at radius 3 is 2.44 bits per heavy atom. The fraction of sp³-hybridized carbons (Fsp3) is 0.286. The third-order valence-corrected chi connectivity index (χ3v) is 3.12. The Hall–Kier alpha value is -1.61. The van der Waals surface area contributed by atoms with Crippen LogP contribution in [0.3, 0.4) is 0 Å². The predicted octanol–water partition coefficient (Wildman–Crippen LogP) is 3.68. The van der Waals surface area contributed by atoms with Crippen LogP contribution in [-0.2, 0) is 5.88 Å². The van der Waals surface area contributed by atoms with Gasteiger partial charge >= 0.3 is 0 Å². The Kier molecular flexibility index (Phi) is 4.15. The summed E-state index contributed by atoms with van der Waals surface area (Å²) >= 11 is 5.72. The Balaban J connectivity index is 2.36. The maximum atomic E-state index is 5.72. The van der Waals surface area contributed by atoms with Crippen LogP contribution in [0.1, 0.15) is 18.2 Å². The first-order valence-corrected chi connectivity index (χ1v) is 6.51. The Morgan fingerprint density at radius 2 is 1.89 bits per heavy atom. The molecular weight excluding hydrogens is 246 g/mol. The smallest absolute Gasteiger partial charge is 0.155 e. The van der Waals surface area contributed by atoms with Gasteiger partial charge in [-0.3, -0.25) is 0 Å². The van der Waals surface area contributed by atoms with Gasteiger partial charge in [0.1, 0.15) is 0 Å². The van der Waals surface area contributed by atoms with E-state index in [1.54, 1.807) is 0 Å². The molecule has 0 radical (unpaired) electrons. The van der Waals surface area contributed by atoms with E-state index < -0.39 is 0 Å². The molecule has 18 heavy (non-hydrogen) atoms. The van der Waals surface area contributed by atoms with Gasteiger partial charge in [-0.1, -0.05) is 18.2 Å². The summed E-state index contributed by atoms with van der Waals surface area (Å²) in [5, 5.41) is 8.33. The highest BCUT2D eigenvalue weighted by atomic mass is 35.5. The van der Waals surface area contributed by atoms with Gasteiger partial charge < -0.3 is 4.90 Å². The van der Waals surface area contributed by atoms with Crippen LogP contribution in [0.5, 0.6) is 0 Å². The highest BCUT2D eigenvalue weighted by Gasteiger charge is 2.10. The van der Waals surface area contributed by atoms with Crippen LogP contribution in [0.15, 0.2) is 36.4 Å². The topological polar surface area (TPSA) is 29.0 Å². The highest BCUT2D eigenvalue weighted by Crippen LogP contribution is 2.25. The lowest BCUT2D eigenvalue weighted by atomic mass is 10.2. The van der Waals surface area contributed by atoms with Crippen molar-refractivity contribution in [2.45, 2.75) is 19.7 Å². The number of hydrogen-bond donors (Lipinski definition) is 0. The fourth-order valence-electron chi connectivity index (χ4n) is 1.89. The summed E-state index contributed by atoms with van der Waals surface area (Å²) in [6.45, 7) is 5.04. The van der Waals surface area contributed by atoms with Crippen molar-refractivity contribution in [2.75, 3.05) is 11.4 Å². The zero-order valence-corrected chi connectivity index (χ0v) is 11.4. The summed E-state index contributed by atoms with van der Waals surface area (Å²) in [5.41, 5.74) is 3.18. The van der Waals surface area contributed by atoms with Crippen LogP contribution in [-0.4, -0.2) is 16.7 Å². The van der Waals surface area contributed by atoms with Gasteiger partial charge in [0, 0.05) is 12.2 Å². The lowest BCUT2D eigenvalue weighted by molar-refractivity contribution is 0.904. The molecule has 0 aliphatic heterocycles. The summed E-state index contributed by atoms with van der Waals surface area (Å²) in [6, 6.07) is 12.1. The van der Waals surface area contributed by atoms with Gasteiger partial charge in [-0.05, 0) is 37.6 Å². The quantitative estimate of drug-likeness (QED) is 0.786. The van der Waals surface area contributed by atoms with Crippen LogP contribution < -0.4 is 4.90 Å². The standard InChI is InChI=1S/C14H16ClN3/c1-3-18(13-7-5-4-6-11(13)2)14-9-8-12(10-15)16-17-14/h4-9H,3,10H2,1-2H3. The molecule has 2 rings (SSSR count). The molecule has 0 N–H and O–H groups in total. The van der Waals surface area contributed by atoms with Crippen LogP contribution in [0.25, 0.3) is 0 Å². The average molecular weight is 262 g/mol. The molecule has 0 fully saturated rings. The molecule has 0 atom stereocenters. The Bertz CT molecular complexity index is 511. The molecule has 0 amide bonds. The zero-order chi connectivity index (χ0) is 13.0. The Labute approximate surface area is 112 Å². The number of nitrogens with zero attached hydrogens (tertiary/aromatic N) is 3. The molecule has 1 aromatic heterocycles. The normalized spacial score (nSPS) is 10.4. The second-order valence-electron chi connectivity index (χ2n) is 4.05. The van der Waals surface area contributed by atoms with Crippen molar-refractivity contribution in [1.82, 2.24) is 10.2 Å². The lowest BCUT2D eigenvalue weighted by Gasteiger charge is -2.23. The van der Waals surface area contributed by atoms with Crippen molar-refractivity contribution in [3.63, 3.8) is 0 Å². The molecule has 0 unspecified atom stereocenters. The molecule has 0 aliphatic rings. The minimum atomic E-state index is 0.393.